The fourth-order valence-electron chi connectivity index (χ4n) is 2.53. The predicted molar refractivity (Wildman–Crippen MR) is 75.6 cm³/mol. The SMILES string of the molecule is CCc1ccc(CN(CCCO)C2CCC2)cc1. The number of rotatable bonds is 7. The van der Waals surface area contributed by atoms with Gasteiger partial charge in [-0.05, 0) is 36.8 Å². The molecule has 0 aromatic heterocycles. The van der Waals surface area contributed by atoms with Crippen LogP contribution in [0.5, 0.6) is 0 Å². The van der Waals surface area contributed by atoms with E-state index in [9.17, 15) is 0 Å². The van der Waals surface area contributed by atoms with Gasteiger partial charge in [0.1, 0.15) is 0 Å². The topological polar surface area (TPSA) is 23.5 Å². The van der Waals surface area contributed by atoms with Crippen LogP contribution in [0.4, 0.5) is 0 Å². The number of aliphatic hydroxyl groups is 1. The molecule has 1 aromatic carbocycles. The van der Waals surface area contributed by atoms with E-state index in [0.717, 1.165) is 32.0 Å². The Hall–Kier alpha value is -0.860. The minimum Gasteiger partial charge on any atom is -0.396 e. The van der Waals surface area contributed by atoms with E-state index in [1.807, 2.05) is 0 Å². The number of nitrogens with zero attached hydrogens (tertiary/aromatic N) is 1. The van der Waals surface area contributed by atoms with Gasteiger partial charge >= 0.3 is 0 Å². The number of aryl methyl sites for hydroxylation is 1. The smallest absolute Gasteiger partial charge is 0.0443 e. The van der Waals surface area contributed by atoms with Crippen LogP contribution in [-0.4, -0.2) is 29.2 Å². The first-order valence-corrected chi connectivity index (χ1v) is 7.26. The lowest BCUT2D eigenvalue weighted by Crippen LogP contribution is -2.40. The molecule has 100 valence electrons. The Bertz CT molecular complexity index is 343. The van der Waals surface area contributed by atoms with Crippen molar-refractivity contribution in [1.29, 1.82) is 0 Å². The van der Waals surface area contributed by atoms with E-state index in [2.05, 4.69) is 36.1 Å². The van der Waals surface area contributed by atoms with Crippen LogP contribution in [-0.2, 0) is 13.0 Å². The molecule has 0 amide bonds. The molecule has 0 radical (unpaired) electrons. The summed E-state index contributed by atoms with van der Waals surface area (Å²) in [4.78, 5) is 2.54. The molecule has 1 aromatic rings. The van der Waals surface area contributed by atoms with E-state index < -0.39 is 0 Å². The summed E-state index contributed by atoms with van der Waals surface area (Å²) in [5, 5.41) is 9.00. The highest BCUT2D eigenvalue weighted by atomic mass is 16.3. The third-order valence-corrected chi connectivity index (χ3v) is 4.01. The molecule has 0 spiro atoms. The zero-order valence-corrected chi connectivity index (χ0v) is 11.4. The van der Waals surface area contributed by atoms with Crippen molar-refractivity contribution in [2.24, 2.45) is 0 Å². The fraction of sp³-hybridized carbons (Fsp3) is 0.625. The second kappa shape index (κ2) is 6.91. The molecule has 1 fully saturated rings. The van der Waals surface area contributed by atoms with Crippen LogP contribution in [0.15, 0.2) is 24.3 Å². The van der Waals surface area contributed by atoms with Crippen molar-refractivity contribution in [3.8, 4) is 0 Å². The van der Waals surface area contributed by atoms with Gasteiger partial charge in [-0.15, -0.1) is 0 Å². The van der Waals surface area contributed by atoms with E-state index in [0.29, 0.717) is 6.61 Å². The van der Waals surface area contributed by atoms with Crippen LogP contribution in [0.1, 0.15) is 43.7 Å². The number of benzene rings is 1. The average molecular weight is 247 g/mol. The second-order valence-corrected chi connectivity index (χ2v) is 5.30. The molecule has 0 saturated heterocycles. The normalized spacial score (nSPS) is 15.9. The highest BCUT2D eigenvalue weighted by Gasteiger charge is 2.24. The van der Waals surface area contributed by atoms with Gasteiger partial charge in [-0.2, -0.15) is 0 Å². The van der Waals surface area contributed by atoms with E-state index >= 15 is 0 Å². The van der Waals surface area contributed by atoms with E-state index in [1.165, 1.54) is 30.4 Å². The largest absolute Gasteiger partial charge is 0.396 e. The Morgan fingerprint density at radius 3 is 2.33 bits per heavy atom. The summed E-state index contributed by atoms with van der Waals surface area (Å²) in [5.41, 5.74) is 2.81. The summed E-state index contributed by atoms with van der Waals surface area (Å²) < 4.78 is 0. The van der Waals surface area contributed by atoms with Crippen molar-refractivity contribution in [3.05, 3.63) is 35.4 Å². The lowest BCUT2D eigenvalue weighted by atomic mass is 9.91. The van der Waals surface area contributed by atoms with Crippen molar-refractivity contribution in [3.63, 3.8) is 0 Å². The molecular formula is C16H25NO. The third kappa shape index (κ3) is 3.56. The van der Waals surface area contributed by atoms with Gasteiger partial charge in [0.15, 0.2) is 0 Å². The molecule has 0 heterocycles. The fourth-order valence-corrected chi connectivity index (χ4v) is 2.53. The maximum atomic E-state index is 9.00. The minimum atomic E-state index is 0.304. The lowest BCUT2D eigenvalue weighted by Gasteiger charge is -2.37. The molecule has 2 rings (SSSR count). The molecule has 0 unspecified atom stereocenters. The van der Waals surface area contributed by atoms with Gasteiger partial charge < -0.3 is 5.11 Å². The number of aliphatic hydroxyl groups excluding tert-OH is 1. The Balaban J connectivity index is 1.93. The first kappa shape index (κ1) is 13.6. The zero-order valence-electron chi connectivity index (χ0n) is 11.4. The highest BCUT2D eigenvalue weighted by molar-refractivity contribution is 5.22. The quantitative estimate of drug-likeness (QED) is 0.800. The lowest BCUT2D eigenvalue weighted by molar-refractivity contribution is 0.109. The Morgan fingerprint density at radius 2 is 1.83 bits per heavy atom. The molecule has 1 saturated carbocycles. The Morgan fingerprint density at radius 1 is 1.17 bits per heavy atom. The van der Waals surface area contributed by atoms with Crippen molar-refractivity contribution in [2.45, 2.75) is 51.6 Å². The Kier molecular flexibility index (Phi) is 5.21. The van der Waals surface area contributed by atoms with Crippen LogP contribution < -0.4 is 0 Å². The van der Waals surface area contributed by atoms with Gasteiger partial charge in [0.2, 0.25) is 0 Å². The second-order valence-electron chi connectivity index (χ2n) is 5.30. The molecule has 18 heavy (non-hydrogen) atoms. The number of hydrogen-bond acceptors (Lipinski definition) is 2. The van der Waals surface area contributed by atoms with Gasteiger partial charge in [0.25, 0.3) is 0 Å². The predicted octanol–water partition coefficient (Wildman–Crippen LogP) is 2.99. The van der Waals surface area contributed by atoms with Gasteiger partial charge in [0, 0.05) is 25.7 Å². The summed E-state index contributed by atoms with van der Waals surface area (Å²) in [5.74, 6) is 0. The van der Waals surface area contributed by atoms with Crippen LogP contribution in [0.2, 0.25) is 0 Å². The van der Waals surface area contributed by atoms with Crippen LogP contribution in [0, 0.1) is 0 Å². The third-order valence-electron chi connectivity index (χ3n) is 4.01. The van der Waals surface area contributed by atoms with Crippen molar-refractivity contribution >= 4 is 0 Å². The molecule has 2 heteroatoms. The number of hydrogen-bond donors (Lipinski definition) is 1. The maximum absolute atomic E-state index is 9.00. The minimum absolute atomic E-state index is 0.304. The van der Waals surface area contributed by atoms with Crippen LogP contribution in [0.3, 0.4) is 0 Å². The van der Waals surface area contributed by atoms with Gasteiger partial charge in [-0.25, -0.2) is 0 Å². The van der Waals surface area contributed by atoms with Crippen molar-refractivity contribution in [1.82, 2.24) is 4.90 Å². The van der Waals surface area contributed by atoms with Gasteiger partial charge in [0.05, 0.1) is 0 Å². The highest BCUT2D eigenvalue weighted by Crippen LogP contribution is 2.26. The molecule has 1 aliphatic carbocycles. The average Bonchev–Trinajstić information content (AvgIpc) is 2.34. The first-order valence-electron chi connectivity index (χ1n) is 7.26. The van der Waals surface area contributed by atoms with Crippen LogP contribution >= 0.6 is 0 Å². The standard InChI is InChI=1S/C16H25NO/c1-2-14-7-9-15(10-8-14)13-17(11-4-12-18)16-5-3-6-16/h7-10,16,18H,2-6,11-13H2,1H3. The molecule has 0 atom stereocenters. The summed E-state index contributed by atoms with van der Waals surface area (Å²) in [6, 6.07) is 9.73. The molecule has 0 aliphatic heterocycles. The van der Waals surface area contributed by atoms with E-state index in [4.69, 9.17) is 5.11 Å². The molecule has 2 nitrogen and oxygen atoms in total. The maximum Gasteiger partial charge on any atom is 0.0443 e. The van der Waals surface area contributed by atoms with Crippen molar-refractivity contribution < 1.29 is 5.11 Å². The van der Waals surface area contributed by atoms with Gasteiger partial charge in [-0.1, -0.05) is 37.6 Å². The molecule has 0 bridgehead atoms. The van der Waals surface area contributed by atoms with E-state index in [1.54, 1.807) is 0 Å². The molecule has 1 N–H and O–H groups in total. The first-order chi connectivity index (χ1) is 8.83. The Labute approximate surface area is 111 Å². The zero-order chi connectivity index (χ0) is 12.8. The summed E-state index contributed by atoms with van der Waals surface area (Å²) in [6.07, 6.45) is 6.03. The summed E-state index contributed by atoms with van der Waals surface area (Å²) >= 11 is 0. The molecule has 1 aliphatic rings. The monoisotopic (exact) mass is 247 g/mol. The molecular weight excluding hydrogens is 222 g/mol. The summed E-state index contributed by atoms with van der Waals surface area (Å²) in [6.45, 7) is 4.56. The summed E-state index contributed by atoms with van der Waals surface area (Å²) in [7, 11) is 0. The van der Waals surface area contributed by atoms with Crippen LogP contribution in [0.25, 0.3) is 0 Å². The van der Waals surface area contributed by atoms with E-state index in [-0.39, 0.29) is 0 Å². The van der Waals surface area contributed by atoms with Gasteiger partial charge in [-0.3, -0.25) is 4.90 Å². The van der Waals surface area contributed by atoms with Crippen molar-refractivity contribution in [2.75, 3.05) is 13.2 Å².